The van der Waals surface area contributed by atoms with E-state index in [1.807, 2.05) is 6.20 Å². The van der Waals surface area contributed by atoms with Gasteiger partial charge in [-0.1, -0.05) is 0 Å². The molecule has 150 valence electrons. The molecule has 4 heterocycles. The highest BCUT2D eigenvalue weighted by atomic mass is 16.5. The molecule has 7 nitrogen and oxygen atoms in total. The summed E-state index contributed by atoms with van der Waals surface area (Å²) in [6, 6.07) is 4.20. The molecular weight excluding hydrogens is 352 g/mol. The molecule has 0 aromatic carbocycles. The number of pyridine rings is 1. The minimum absolute atomic E-state index is 0.746. The molecule has 0 atom stereocenters. The summed E-state index contributed by atoms with van der Waals surface area (Å²) in [5, 5.41) is 3.28. The van der Waals surface area contributed by atoms with Crippen LogP contribution in [-0.2, 0) is 4.74 Å². The molecule has 2 aromatic rings. The van der Waals surface area contributed by atoms with E-state index in [4.69, 9.17) is 14.7 Å². The number of anilines is 3. The minimum atomic E-state index is 0.746. The SMILES string of the molecule is CCNc1cc(C)c(-c2cc(N3CCOCC3)nc(N3CCCCC3)n2)cn1. The van der Waals surface area contributed by atoms with Gasteiger partial charge in [-0.15, -0.1) is 0 Å². The van der Waals surface area contributed by atoms with Gasteiger partial charge in [-0.05, 0) is 44.7 Å². The predicted molar refractivity (Wildman–Crippen MR) is 113 cm³/mol. The number of morpholine rings is 1. The quantitative estimate of drug-likeness (QED) is 0.852. The monoisotopic (exact) mass is 382 g/mol. The number of piperidine rings is 1. The molecule has 28 heavy (non-hydrogen) atoms. The van der Waals surface area contributed by atoms with Crippen molar-refractivity contribution >= 4 is 17.6 Å². The Hall–Kier alpha value is -2.41. The summed E-state index contributed by atoms with van der Waals surface area (Å²) >= 11 is 0. The van der Waals surface area contributed by atoms with Crippen molar-refractivity contribution < 1.29 is 4.74 Å². The number of nitrogens with zero attached hydrogens (tertiary/aromatic N) is 5. The van der Waals surface area contributed by atoms with Crippen LogP contribution >= 0.6 is 0 Å². The Balaban J connectivity index is 1.72. The third kappa shape index (κ3) is 4.19. The Labute approximate surface area is 167 Å². The summed E-state index contributed by atoms with van der Waals surface area (Å²) in [6.07, 6.45) is 5.64. The third-order valence-corrected chi connectivity index (χ3v) is 5.42. The van der Waals surface area contributed by atoms with Crippen molar-refractivity contribution in [3.63, 3.8) is 0 Å². The van der Waals surface area contributed by atoms with Crippen LogP contribution < -0.4 is 15.1 Å². The van der Waals surface area contributed by atoms with E-state index in [9.17, 15) is 0 Å². The number of nitrogens with one attached hydrogen (secondary N) is 1. The van der Waals surface area contributed by atoms with Crippen LogP contribution in [0.5, 0.6) is 0 Å². The van der Waals surface area contributed by atoms with Crippen molar-refractivity contribution in [3.05, 3.63) is 23.9 Å². The van der Waals surface area contributed by atoms with Gasteiger partial charge in [-0.3, -0.25) is 0 Å². The molecule has 0 amide bonds. The van der Waals surface area contributed by atoms with Crippen LogP contribution in [0.25, 0.3) is 11.3 Å². The summed E-state index contributed by atoms with van der Waals surface area (Å²) in [5.41, 5.74) is 3.18. The lowest BCUT2D eigenvalue weighted by Crippen LogP contribution is -2.37. The topological polar surface area (TPSA) is 66.4 Å². The van der Waals surface area contributed by atoms with Crippen molar-refractivity contribution in [3.8, 4) is 11.3 Å². The van der Waals surface area contributed by atoms with Crippen LogP contribution in [-0.4, -0.2) is 60.9 Å². The second-order valence-electron chi connectivity index (χ2n) is 7.47. The average Bonchev–Trinajstić information content (AvgIpc) is 2.75. The maximum Gasteiger partial charge on any atom is 0.227 e. The molecule has 2 aliphatic rings. The first kappa shape index (κ1) is 18.9. The number of aromatic nitrogens is 3. The maximum atomic E-state index is 5.53. The smallest absolute Gasteiger partial charge is 0.227 e. The normalized spacial score (nSPS) is 17.6. The Bertz CT molecular complexity index is 763. The number of ether oxygens (including phenoxy) is 1. The maximum absolute atomic E-state index is 5.53. The number of aryl methyl sites for hydroxylation is 1. The van der Waals surface area contributed by atoms with Gasteiger partial charge in [0.15, 0.2) is 0 Å². The lowest BCUT2D eigenvalue weighted by atomic mass is 10.1. The molecule has 0 saturated carbocycles. The highest BCUT2D eigenvalue weighted by molar-refractivity contribution is 5.68. The first-order valence-corrected chi connectivity index (χ1v) is 10.4. The summed E-state index contributed by atoms with van der Waals surface area (Å²) in [4.78, 5) is 19.1. The van der Waals surface area contributed by atoms with Crippen molar-refractivity contribution in [2.75, 3.05) is 61.1 Å². The zero-order chi connectivity index (χ0) is 19.3. The van der Waals surface area contributed by atoms with Crippen LogP contribution in [0.2, 0.25) is 0 Å². The number of hydrogen-bond acceptors (Lipinski definition) is 7. The molecule has 0 aliphatic carbocycles. The van der Waals surface area contributed by atoms with Crippen LogP contribution in [0.4, 0.5) is 17.6 Å². The van der Waals surface area contributed by atoms with E-state index in [2.05, 4.69) is 46.1 Å². The molecule has 7 heteroatoms. The molecule has 1 N–H and O–H groups in total. The van der Waals surface area contributed by atoms with Crippen LogP contribution in [0.15, 0.2) is 18.3 Å². The third-order valence-electron chi connectivity index (χ3n) is 5.42. The van der Waals surface area contributed by atoms with E-state index in [1.54, 1.807) is 0 Å². The van der Waals surface area contributed by atoms with Crippen molar-refractivity contribution in [1.29, 1.82) is 0 Å². The standard InChI is InChI=1S/C21H30N6O/c1-3-22-19-13-16(2)17(15-23-19)18-14-20(26-9-11-28-12-10-26)25-21(24-18)27-7-5-4-6-8-27/h13-15H,3-12H2,1-2H3,(H,22,23). The Morgan fingerprint density at radius 1 is 1.00 bits per heavy atom. The first-order valence-electron chi connectivity index (χ1n) is 10.4. The van der Waals surface area contributed by atoms with Gasteiger partial charge in [0.05, 0.1) is 18.9 Å². The number of hydrogen-bond donors (Lipinski definition) is 1. The predicted octanol–water partition coefficient (Wildman–Crippen LogP) is 3.11. The molecule has 0 unspecified atom stereocenters. The van der Waals surface area contributed by atoms with Gasteiger partial charge in [0.25, 0.3) is 0 Å². The fourth-order valence-electron chi connectivity index (χ4n) is 3.85. The molecule has 0 spiro atoms. The van der Waals surface area contributed by atoms with Gasteiger partial charge < -0.3 is 19.9 Å². The van der Waals surface area contributed by atoms with E-state index in [0.29, 0.717) is 0 Å². The van der Waals surface area contributed by atoms with Crippen molar-refractivity contribution in [2.45, 2.75) is 33.1 Å². The summed E-state index contributed by atoms with van der Waals surface area (Å²) in [6.45, 7) is 10.3. The lowest BCUT2D eigenvalue weighted by molar-refractivity contribution is 0.122. The van der Waals surface area contributed by atoms with Crippen molar-refractivity contribution in [2.24, 2.45) is 0 Å². The van der Waals surface area contributed by atoms with Crippen LogP contribution in [0, 0.1) is 6.92 Å². The molecule has 2 fully saturated rings. The van der Waals surface area contributed by atoms with E-state index in [0.717, 1.165) is 74.8 Å². The molecule has 0 bridgehead atoms. The van der Waals surface area contributed by atoms with Gasteiger partial charge in [0.1, 0.15) is 11.6 Å². The van der Waals surface area contributed by atoms with Crippen LogP contribution in [0.3, 0.4) is 0 Å². The molecule has 2 aliphatic heterocycles. The zero-order valence-corrected chi connectivity index (χ0v) is 16.9. The van der Waals surface area contributed by atoms with E-state index in [-0.39, 0.29) is 0 Å². The van der Waals surface area contributed by atoms with E-state index < -0.39 is 0 Å². The van der Waals surface area contributed by atoms with E-state index >= 15 is 0 Å². The fraction of sp³-hybridized carbons (Fsp3) is 0.571. The average molecular weight is 383 g/mol. The zero-order valence-electron chi connectivity index (χ0n) is 16.9. The minimum Gasteiger partial charge on any atom is -0.378 e. The molecule has 0 radical (unpaired) electrons. The van der Waals surface area contributed by atoms with Crippen molar-refractivity contribution in [1.82, 2.24) is 15.0 Å². The van der Waals surface area contributed by atoms with Gasteiger partial charge >= 0.3 is 0 Å². The second-order valence-corrected chi connectivity index (χ2v) is 7.47. The van der Waals surface area contributed by atoms with Gasteiger partial charge in [0, 0.05) is 50.6 Å². The summed E-state index contributed by atoms with van der Waals surface area (Å²) in [5.74, 6) is 2.74. The van der Waals surface area contributed by atoms with Gasteiger partial charge in [0.2, 0.25) is 5.95 Å². The molecule has 2 aromatic heterocycles. The summed E-state index contributed by atoms with van der Waals surface area (Å²) < 4.78 is 5.53. The highest BCUT2D eigenvalue weighted by Gasteiger charge is 2.20. The second kappa shape index (κ2) is 8.73. The Kier molecular flexibility index (Phi) is 5.90. The molecular formula is C21H30N6O. The largest absolute Gasteiger partial charge is 0.378 e. The lowest BCUT2D eigenvalue weighted by Gasteiger charge is -2.31. The Morgan fingerprint density at radius 3 is 2.50 bits per heavy atom. The Morgan fingerprint density at radius 2 is 1.79 bits per heavy atom. The summed E-state index contributed by atoms with van der Waals surface area (Å²) in [7, 11) is 0. The van der Waals surface area contributed by atoms with Gasteiger partial charge in [-0.25, -0.2) is 9.97 Å². The van der Waals surface area contributed by atoms with Crippen LogP contribution in [0.1, 0.15) is 31.7 Å². The fourth-order valence-corrected chi connectivity index (χ4v) is 3.85. The number of rotatable bonds is 5. The first-order chi connectivity index (χ1) is 13.7. The molecule has 2 saturated heterocycles. The molecule has 4 rings (SSSR count). The van der Waals surface area contributed by atoms with E-state index in [1.165, 1.54) is 24.8 Å². The highest BCUT2D eigenvalue weighted by Crippen LogP contribution is 2.29. The van der Waals surface area contributed by atoms with Gasteiger partial charge in [-0.2, -0.15) is 4.98 Å².